The summed E-state index contributed by atoms with van der Waals surface area (Å²) in [6, 6.07) is 18.0. The highest BCUT2D eigenvalue weighted by Crippen LogP contribution is 2.32. The van der Waals surface area contributed by atoms with Crippen LogP contribution in [0.1, 0.15) is 55.7 Å². The van der Waals surface area contributed by atoms with E-state index in [0.717, 1.165) is 35.9 Å². The maximum atomic E-state index is 13.8. The smallest absolute Gasteiger partial charge is 0.290 e. The third kappa shape index (κ3) is 3.92. The summed E-state index contributed by atoms with van der Waals surface area (Å²) >= 11 is 0. The number of hydrogen-bond acceptors (Lipinski definition) is 3. The van der Waals surface area contributed by atoms with Crippen molar-refractivity contribution in [2.45, 2.75) is 64.1 Å². The molecule has 0 radical (unpaired) electrons. The summed E-state index contributed by atoms with van der Waals surface area (Å²) in [4.78, 5) is 34.0. The molecule has 5 rings (SSSR count). The molecule has 1 saturated carbocycles. The van der Waals surface area contributed by atoms with Crippen LogP contribution in [0.4, 0.5) is 0 Å². The zero-order valence-electron chi connectivity index (χ0n) is 19.5. The van der Waals surface area contributed by atoms with Crippen molar-refractivity contribution in [3.05, 3.63) is 66.0 Å². The van der Waals surface area contributed by atoms with Gasteiger partial charge in [0.1, 0.15) is 5.54 Å². The fourth-order valence-corrected chi connectivity index (χ4v) is 5.42. The molecule has 1 N–H and O–H groups in total. The number of imidazole rings is 1. The first-order valence-corrected chi connectivity index (χ1v) is 12.1. The average molecular weight is 445 g/mol. The van der Waals surface area contributed by atoms with Gasteiger partial charge in [0.15, 0.2) is 5.82 Å². The lowest BCUT2D eigenvalue weighted by molar-refractivity contribution is -0.134. The van der Waals surface area contributed by atoms with Crippen molar-refractivity contribution < 1.29 is 9.59 Å². The van der Waals surface area contributed by atoms with Crippen molar-refractivity contribution in [2.75, 3.05) is 6.54 Å². The zero-order valence-corrected chi connectivity index (χ0v) is 19.5. The third-order valence-electron chi connectivity index (χ3n) is 7.54. The van der Waals surface area contributed by atoms with E-state index in [4.69, 9.17) is 0 Å². The molecule has 0 bridgehead atoms. The Morgan fingerprint density at radius 1 is 1.09 bits per heavy atom. The Bertz CT molecular complexity index is 1170. The fraction of sp³-hybridized carbons (Fsp3) is 0.444. The van der Waals surface area contributed by atoms with Crippen LogP contribution in [0.5, 0.6) is 0 Å². The van der Waals surface area contributed by atoms with Crippen LogP contribution in [0.2, 0.25) is 0 Å². The molecule has 0 saturated heterocycles. The van der Waals surface area contributed by atoms with Gasteiger partial charge < -0.3 is 14.8 Å². The SMILES string of the molecule is C[C@@H]1CCCC[C@@H]1NC(=O)[C@]1(C)Cn2c(nc3ccccc32)C(=O)N1CCc1ccccc1. The highest BCUT2D eigenvalue weighted by molar-refractivity contribution is 6.01. The molecular weight excluding hydrogens is 412 g/mol. The molecule has 3 aromatic rings. The fourth-order valence-electron chi connectivity index (χ4n) is 5.42. The van der Waals surface area contributed by atoms with Gasteiger partial charge in [0.05, 0.1) is 17.6 Å². The van der Waals surface area contributed by atoms with Crippen molar-refractivity contribution in [1.82, 2.24) is 19.8 Å². The monoisotopic (exact) mass is 444 g/mol. The molecule has 2 aliphatic rings. The molecule has 1 aliphatic heterocycles. The van der Waals surface area contributed by atoms with Crippen molar-refractivity contribution in [1.29, 1.82) is 0 Å². The van der Waals surface area contributed by atoms with E-state index in [9.17, 15) is 9.59 Å². The number of hydrogen-bond donors (Lipinski definition) is 1. The minimum atomic E-state index is -0.987. The minimum absolute atomic E-state index is 0.0638. The van der Waals surface area contributed by atoms with Gasteiger partial charge in [-0.05, 0) is 49.8 Å². The van der Waals surface area contributed by atoms with Gasteiger partial charge in [0.25, 0.3) is 5.91 Å². The van der Waals surface area contributed by atoms with Crippen LogP contribution >= 0.6 is 0 Å². The minimum Gasteiger partial charge on any atom is -0.351 e. The van der Waals surface area contributed by atoms with Gasteiger partial charge in [-0.25, -0.2) is 4.98 Å². The number of nitrogens with zero attached hydrogens (tertiary/aromatic N) is 3. The van der Waals surface area contributed by atoms with E-state index < -0.39 is 5.54 Å². The van der Waals surface area contributed by atoms with Crippen molar-refractivity contribution in [2.24, 2.45) is 5.92 Å². The third-order valence-corrected chi connectivity index (χ3v) is 7.54. The maximum absolute atomic E-state index is 13.8. The molecule has 2 aromatic carbocycles. The Morgan fingerprint density at radius 3 is 2.61 bits per heavy atom. The summed E-state index contributed by atoms with van der Waals surface area (Å²) in [6.45, 7) is 5.00. The molecule has 1 fully saturated rings. The Kier molecular flexibility index (Phi) is 5.69. The normalized spacial score (nSPS) is 25.2. The summed E-state index contributed by atoms with van der Waals surface area (Å²) < 4.78 is 1.93. The predicted octanol–water partition coefficient (Wildman–Crippen LogP) is 4.19. The van der Waals surface area contributed by atoms with E-state index in [0.29, 0.717) is 31.3 Å². The number of carbonyl (C=O) groups is 2. The lowest BCUT2D eigenvalue weighted by Gasteiger charge is -2.44. The van der Waals surface area contributed by atoms with Gasteiger partial charge in [-0.1, -0.05) is 62.2 Å². The van der Waals surface area contributed by atoms with Gasteiger partial charge >= 0.3 is 0 Å². The topological polar surface area (TPSA) is 67.2 Å². The molecule has 2 heterocycles. The second-order valence-electron chi connectivity index (χ2n) is 9.82. The van der Waals surface area contributed by atoms with Crippen LogP contribution in [0.15, 0.2) is 54.6 Å². The maximum Gasteiger partial charge on any atom is 0.290 e. The van der Waals surface area contributed by atoms with E-state index in [-0.39, 0.29) is 17.9 Å². The predicted molar refractivity (Wildman–Crippen MR) is 129 cm³/mol. The van der Waals surface area contributed by atoms with Crippen LogP contribution in [0.25, 0.3) is 11.0 Å². The molecule has 6 nitrogen and oxygen atoms in total. The molecule has 3 atom stereocenters. The van der Waals surface area contributed by atoms with Crippen LogP contribution in [0.3, 0.4) is 0 Å². The van der Waals surface area contributed by atoms with E-state index in [1.165, 1.54) is 6.42 Å². The zero-order chi connectivity index (χ0) is 23.0. The molecule has 0 unspecified atom stereocenters. The number of para-hydroxylation sites is 2. The second kappa shape index (κ2) is 8.65. The van der Waals surface area contributed by atoms with Crippen LogP contribution < -0.4 is 5.32 Å². The number of rotatable bonds is 5. The van der Waals surface area contributed by atoms with E-state index in [1.807, 2.05) is 54.0 Å². The summed E-state index contributed by atoms with van der Waals surface area (Å²) in [5, 5.41) is 3.33. The number of carbonyl (C=O) groups excluding carboxylic acids is 2. The Labute approximate surface area is 195 Å². The number of nitrogens with one attached hydrogen (secondary N) is 1. The number of aromatic nitrogens is 2. The average Bonchev–Trinajstić information content (AvgIpc) is 3.19. The van der Waals surface area contributed by atoms with Crippen molar-refractivity contribution in [3.8, 4) is 0 Å². The lowest BCUT2D eigenvalue weighted by atomic mass is 9.85. The first kappa shape index (κ1) is 21.7. The Hall–Kier alpha value is -3.15. The van der Waals surface area contributed by atoms with Crippen molar-refractivity contribution >= 4 is 22.8 Å². The second-order valence-corrected chi connectivity index (χ2v) is 9.82. The summed E-state index contributed by atoms with van der Waals surface area (Å²) in [5.41, 5.74) is 1.84. The van der Waals surface area contributed by atoms with Crippen molar-refractivity contribution in [3.63, 3.8) is 0 Å². The standard InChI is InChI=1S/C27H32N4O2/c1-19-10-6-7-13-21(19)29-26(33)27(2)18-30-23-15-9-8-14-22(23)28-24(30)25(32)31(27)17-16-20-11-4-3-5-12-20/h3-5,8-9,11-12,14-15,19,21H,6-7,10,13,16-18H2,1-2H3,(H,29,33)/t19-,21+,27+/m1/s1. The van der Waals surface area contributed by atoms with Gasteiger partial charge in [0, 0.05) is 12.6 Å². The highest BCUT2D eigenvalue weighted by atomic mass is 16.2. The van der Waals surface area contributed by atoms with E-state index in [1.54, 1.807) is 4.90 Å². The quantitative estimate of drug-likeness (QED) is 0.642. The lowest BCUT2D eigenvalue weighted by Crippen LogP contribution is -2.65. The van der Waals surface area contributed by atoms with E-state index in [2.05, 4.69) is 29.4 Å². The first-order chi connectivity index (χ1) is 16.0. The van der Waals surface area contributed by atoms with Gasteiger partial charge in [-0.3, -0.25) is 9.59 Å². The Morgan fingerprint density at radius 2 is 1.82 bits per heavy atom. The summed E-state index contributed by atoms with van der Waals surface area (Å²) in [6.07, 6.45) is 5.18. The van der Waals surface area contributed by atoms with Crippen LogP contribution in [0, 0.1) is 5.92 Å². The number of fused-ring (bicyclic) bond motifs is 3. The molecule has 2 amide bonds. The molecule has 1 aromatic heterocycles. The van der Waals surface area contributed by atoms with Gasteiger partial charge in [0.2, 0.25) is 5.91 Å². The largest absolute Gasteiger partial charge is 0.351 e. The van der Waals surface area contributed by atoms with E-state index >= 15 is 0 Å². The molecule has 33 heavy (non-hydrogen) atoms. The molecule has 172 valence electrons. The molecule has 0 spiro atoms. The Balaban J connectivity index is 1.50. The van der Waals surface area contributed by atoms with Crippen LogP contribution in [-0.2, 0) is 17.8 Å². The highest BCUT2D eigenvalue weighted by Gasteiger charge is 2.48. The number of benzene rings is 2. The first-order valence-electron chi connectivity index (χ1n) is 12.1. The summed E-state index contributed by atoms with van der Waals surface area (Å²) in [5.74, 6) is 0.627. The van der Waals surface area contributed by atoms with Crippen LogP contribution in [-0.4, -0.2) is 44.4 Å². The molecular formula is C27H32N4O2. The molecule has 6 heteroatoms. The van der Waals surface area contributed by atoms with Gasteiger partial charge in [-0.15, -0.1) is 0 Å². The number of amides is 2. The van der Waals surface area contributed by atoms with Gasteiger partial charge in [-0.2, -0.15) is 0 Å². The molecule has 1 aliphatic carbocycles. The summed E-state index contributed by atoms with van der Waals surface area (Å²) in [7, 11) is 0.